The van der Waals surface area contributed by atoms with Gasteiger partial charge in [0.05, 0.1) is 21.2 Å². The van der Waals surface area contributed by atoms with E-state index in [1.165, 1.54) is 27.9 Å². The number of nitriles is 1. The van der Waals surface area contributed by atoms with Crippen molar-refractivity contribution in [2.24, 2.45) is 0 Å². The Labute approximate surface area is 450 Å². The molecule has 0 aliphatic heterocycles. The zero-order valence-corrected chi connectivity index (χ0v) is 47.4. The summed E-state index contributed by atoms with van der Waals surface area (Å²) in [6, 6.07) is 63.2. The summed E-state index contributed by atoms with van der Waals surface area (Å²) in [7, 11) is 0. The van der Waals surface area contributed by atoms with Crippen LogP contribution in [0.15, 0.2) is 164 Å². The van der Waals surface area contributed by atoms with Crippen LogP contribution in [-0.4, -0.2) is 0 Å². The Balaban J connectivity index is 1.28. The topological polar surface area (TPSA) is 30.3 Å². The summed E-state index contributed by atoms with van der Waals surface area (Å²) in [5, 5.41) is 9.73. The van der Waals surface area contributed by atoms with Gasteiger partial charge in [0.1, 0.15) is 0 Å². The van der Waals surface area contributed by atoms with Crippen molar-refractivity contribution in [3.63, 3.8) is 0 Å². The van der Waals surface area contributed by atoms with Gasteiger partial charge in [-0.1, -0.05) is 158 Å². The Kier molecular flexibility index (Phi) is 17.1. The first kappa shape index (κ1) is 55.0. The van der Waals surface area contributed by atoms with Crippen LogP contribution in [0, 0.1) is 25.2 Å². The lowest BCUT2D eigenvalue weighted by Gasteiger charge is -2.51. The van der Waals surface area contributed by atoms with E-state index in [0.717, 1.165) is 108 Å². The number of aryl methyl sites for hydroxylation is 2. The van der Waals surface area contributed by atoms with Gasteiger partial charge in [0.2, 0.25) is 0 Å². The van der Waals surface area contributed by atoms with Crippen LogP contribution in [0.1, 0.15) is 160 Å². The Morgan fingerprint density at radius 2 is 0.685 bits per heavy atom. The number of rotatable bonds is 21. The number of benzene rings is 7. The van der Waals surface area contributed by atoms with Crippen LogP contribution in [0.3, 0.4) is 0 Å². The molecule has 0 N–H and O–H groups in total. The van der Waals surface area contributed by atoms with Crippen LogP contribution in [0.4, 0.5) is 34.1 Å². The molecule has 7 aromatic carbocycles. The number of halogens is 2. The Morgan fingerprint density at radius 1 is 0.384 bits per heavy atom. The molecule has 7 aromatic rings. The number of nitrogens with zero attached hydrogens (tertiary/aromatic N) is 3. The molecule has 0 heterocycles. The van der Waals surface area contributed by atoms with E-state index < -0.39 is 10.3 Å². The summed E-state index contributed by atoms with van der Waals surface area (Å²) < 4.78 is 0. The standard InChI is InChI=1S/C68H79Cl2N3/c1-13-65(14-2,66(15-3,16-4)55-30-40-61(41-31-55)73(63-46-21-49(9)47-50(63)10)62-44-34-57(35-45-62)68(70,19-7)20-8)54-28-38-59(39-29-54)72(60-42-32-56(33-43-60)67(69,17-5)18-6)58-36-24-52(25-37-58)51-22-26-53(27-23-51)64(11,12)48-71/h21-47H,13-20H2,1-12H3. The van der Waals surface area contributed by atoms with E-state index in [0.29, 0.717) is 0 Å². The van der Waals surface area contributed by atoms with Crippen LogP contribution in [0.5, 0.6) is 0 Å². The van der Waals surface area contributed by atoms with Crippen molar-refractivity contribution in [3.8, 4) is 17.2 Å². The average molecular weight is 1010 g/mol. The minimum absolute atomic E-state index is 0.132. The molecule has 0 aliphatic rings. The SMILES string of the molecule is CCC(Cl)(CC)c1ccc(N(c2ccc(-c3ccc(C(C)(C)C#N)cc3)cc2)c2ccc(C(CC)(CC)C(CC)(CC)c3ccc(N(c4ccc(C(Cl)(CC)CC)cc4)c4ccc(C)cc4C)cc3)cc2)cc1. The van der Waals surface area contributed by atoms with Crippen molar-refractivity contribution < 1.29 is 0 Å². The van der Waals surface area contributed by atoms with Gasteiger partial charge in [-0.15, -0.1) is 23.2 Å². The fourth-order valence-electron chi connectivity index (χ4n) is 12.1. The molecule has 380 valence electrons. The second-order valence-electron chi connectivity index (χ2n) is 20.9. The Hall–Kier alpha value is -5.79. The molecule has 0 unspecified atom stereocenters. The summed E-state index contributed by atoms with van der Waals surface area (Å²) >= 11 is 14.3. The van der Waals surface area contributed by atoms with Gasteiger partial charge >= 0.3 is 0 Å². The van der Waals surface area contributed by atoms with Crippen LogP contribution >= 0.6 is 23.2 Å². The minimum atomic E-state index is -0.542. The normalized spacial score (nSPS) is 12.4. The largest absolute Gasteiger partial charge is 0.311 e. The molecule has 7 rings (SSSR count). The third kappa shape index (κ3) is 10.5. The molecule has 0 amide bonds. The predicted molar refractivity (Wildman–Crippen MR) is 317 cm³/mol. The van der Waals surface area contributed by atoms with Gasteiger partial charge in [0.25, 0.3) is 0 Å². The first-order valence-electron chi connectivity index (χ1n) is 27.1. The monoisotopic (exact) mass is 1010 g/mol. The smallest absolute Gasteiger partial charge is 0.0766 e. The lowest BCUT2D eigenvalue weighted by molar-refractivity contribution is 0.177. The van der Waals surface area contributed by atoms with Crippen LogP contribution in [0.2, 0.25) is 0 Å². The Morgan fingerprint density at radius 3 is 1.00 bits per heavy atom. The van der Waals surface area contributed by atoms with Crippen molar-refractivity contribution in [1.29, 1.82) is 5.26 Å². The zero-order valence-electron chi connectivity index (χ0n) is 45.8. The van der Waals surface area contributed by atoms with E-state index in [1.807, 2.05) is 13.8 Å². The third-order valence-corrected chi connectivity index (χ3v) is 18.7. The molecule has 0 radical (unpaired) electrons. The fourth-order valence-corrected chi connectivity index (χ4v) is 12.3. The molecular weight excluding hydrogens is 930 g/mol. The third-order valence-electron chi connectivity index (χ3n) is 17.2. The van der Waals surface area contributed by atoms with E-state index in [1.54, 1.807) is 0 Å². The maximum atomic E-state index is 9.73. The van der Waals surface area contributed by atoms with Gasteiger partial charge in [-0.3, -0.25) is 0 Å². The molecule has 0 aromatic heterocycles. The van der Waals surface area contributed by atoms with Crippen LogP contribution in [0.25, 0.3) is 11.1 Å². The van der Waals surface area contributed by atoms with E-state index in [-0.39, 0.29) is 15.7 Å². The highest BCUT2D eigenvalue weighted by atomic mass is 35.5. The van der Waals surface area contributed by atoms with Gasteiger partial charge in [0.15, 0.2) is 0 Å². The van der Waals surface area contributed by atoms with E-state index in [4.69, 9.17) is 23.2 Å². The fraction of sp³-hybridized carbons (Fsp3) is 0.368. The van der Waals surface area contributed by atoms with Gasteiger partial charge < -0.3 is 9.80 Å². The highest BCUT2D eigenvalue weighted by Gasteiger charge is 2.49. The first-order chi connectivity index (χ1) is 35.0. The molecule has 0 bridgehead atoms. The number of alkyl halides is 2. The predicted octanol–water partition coefficient (Wildman–Crippen LogP) is 21.0. The van der Waals surface area contributed by atoms with E-state index >= 15 is 0 Å². The van der Waals surface area contributed by atoms with Crippen molar-refractivity contribution in [3.05, 3.63) is 203 Å². The Bertz CT molecular complexity index is 2930. The summed E-state index contributed by atoms with van der Waals surface area (Å²) in [6.07, 6.45) is 7.49. The van der Waals surface area contributed by atoms with Crippen molar-refractivity contribution >= 4 is 57.3 Å². The molecular formula is C68H79Cl2N3. The molecule has 0 saturated carbocycles. The summed E-state index contributed by atoms with van der Waals surface area (Å²) in [4.78, 5) is 4.01. The van der Waals surface area contributed by atoms with E-state index in [2.05, 4.69) is 249 Å². The van der Waals surface area contributed by atoms with Gasteiger partial charge in [0, 0.05) is 45.0 Å². The molecule has 5 heteroatoms. The second-order valence-corrected chi connectivity index (χ2v) is 22.4. The van der Waals surface area contributed by atoms with Crippen molar-refractivity contribution in [2.45, 2.75) is 160 Å². The number of hydrogen-bond donors (Lipinski definition) is 0. The molecule has 0 spiro atoms. The molecule has 3 nitrogen and oxygen atoms in total. The molecule has 0 aliphatic carbocycles. The van der Waals surface area contributed by atoms with Gasteiger partial charge in [-0.2, -0.15) is 5.26 Å². The summed E-state index contributed by atoms with van der Waals surface area (Å²) in [5.74, 6) is 0. The molecule has 0 atom stereocenters. The van der Waals surface area contributed by atoms with Gasteiger partial charge in [-0.25, -0.2) is 0 Å². The maximum Gasteiger partial charge on any atom is 0.0766 e. The van der Waals surface area contributed by atoms with Crippen molar-refractivity contribution in [2.75, 3.05) is 9.80 Å². The molecule has 73 heavy (non-hydrogen) atoms. The molecule has 0 fully saturated rings. The van der Waals surface area contributed by atoms with Gasteiger partial charge in [-0.05, 0) is 190 Å². The lowest BCUT2D eigenvalue weighted by Crippen LogP contribution is -2.48. The average Bonchev–Trinajstić information content (AvgIpc) is 3.44. The summed E-state index contributed by atoms with van der Waals surface area (Å²) in [6.45, 7) is 26.5. The quantitative estimate of drug-likeness (QED) is 0.0672. The highest BCUT2D eigenvalue weighted by Crippen LogP contribution is 2.54. The molecule has 0 saturated heterocycles. The summed E-state index contributed by atoms with van der Waals surface area (Å²) in [5.41, 5.74) is 16.7. The zero-order chi connectivity index (χ0) is 52.8. The highest BCUT2D eigenvalue weighted by molar-refractivity contribution is 6.24. The van der Waals surface area contributed by atoms with E-state index in [9.17, 15) is 5.26 Å². The number of anilines is 6. The second kappa shape index (κ2) is 22.8. The first-order valence-corrected chi connectivity index (χ1v) is 27.9. The maximum absolute atomic E-state index is 9.73. The van der Waals surface area contributed by atoms with Crippen LogP contribution in [-0.2, 0) is 26.0 Å². The van der Waals surface area contributed by atoms with Crippen LogP contribution < -0.4 is 9.80 Å². The number of hydrogen-bond acceptors (Lipinski definition) is 3. The minimum Gasteiger partial charge on any atom is -0.311 e. The lowest BCUT2D eigenvalue weighted by atomic mass is 9.52. The van der Waals surface area contributed by atoms with Crippen molar-refractivity contribution in [1.82, 2.24) is 0 Å².